The van der Waals surface area contributed by atoms with Gasteiger partial charge in [-0.15, -0.1) is 0 Å². The number of primary amides is 1. The maximum absolute atomic E-state index is 11.4. The van der Waals surface area contributed by atoms with Gasteiger partial charge in [-0.1, -0.05) is 48.5 Å². The van der Waals surface area contributed by atoms with Crippen molar-refractivity contribution >= 4 is 11.9 Å². The lowest BCUT2D eigenvalue weighted by atomic mass is 9.99. The molecule has 3 aromatic rings. The molecular formula is C22H19NO4. The first-order valence-electron chi connectivity index (χ1n) is 8.44. The van der Waals surface area contributed by atoms with Gasteiger partial charge in [0, 0.05) is 5.56 Å². The average Bonchev–Trinajstić information content (AvgIpc) is 2.66. The molecule has 0 saturated heterocycles. The summed E-state index contributed by atoms with van der Waals surface area (Å²) >= 11 is 0. The zero-order valence-electron chi connectivity index (χ0n) is 14.6. The number of amides is 1. The van der Waals surface area contributed by atoms with E-state index in [0.717, 1.165) is 16.7 Å². The van der Waals surface area contributed by atoms with Crippen molar-refractivity contribution in [1.82, 2.24) is 0 Å². The van der Waals surface area contributed by atoms with Crippen LogP contribution in [0, 0.1) is 0 Å². The van der Waals surface area contributed by atoms with E-state index in [1.807, 2.05) is 42.5 Å². The monoisotopic (exact) mass is 361 g/mol. The minimum Gasteiger partial charge on any atom is -0.489 e. The third kappa shape index (κ3) is 4.95. The van der Waals surface area contributed by atoms with Crippen LogP contribution in [-0.2, 0) is 17.8 Å². The molecule has 27 heavy (non-hydrogen) atoms. The van der Waals surface area contributed by atoms with E-state index in [1.54, 1.807) is 30.3 Å². The van der Waals surface area contributed by atoms with Crippen LogP contribution in [-0.4, -0.2) is 17.0 Å². The smallest absolute Gasteiger partial charge is 0.307 e. The first kappa shape index (κ1) is 18.2. The van der Waals surface area contributed by atoms with Crippen LogP contribution >= 0.6 is 0 Å². The highest BCUT2D eigenvalue weighted by Crippen LogP contribution is 2.28. The van der Waals surface area contributed by atoms with Gasteiger partial charge in [0.2, 0.25) is 5.91 Å². The van der Waals surface area contributed by atoms with Crippen LogP contribution in [0.25, 0.3) is 11.1 Å². The molecule has 0 radical (unpaired) electrons. The van der Waals surface area contributed by atoms with Gasteiger partial charge >= 0.3 is 5.97 Å². The lowest BCUT2D eigenvalue weighted by Crippen LogP contribution is -2.10. The van der Waals surface area contributed by atoms with Crippen LogP contribution < -0.4 is 10.5 Å². The third-order valence-electron chi connectivity index (χ3n) is 4.05. The number of hydrogen-bond donors (Lipinski definition) is 2. The largest absolute Gasteiger partial charge is 0.489 e. The molecule has 3 rings (SSSR count). The quantitative estimate of drug-likeness (QED) is 0.672. The normalized spacial score (nSPS) is 10.4. The Morgan fingerprint density at radius 3 is 2.33 bits per heavy atom. The van der Waals surface area contributed by atoms with Crippen LogP contribution in [0.2, 0.25) is 0 Å². The van der Waals surface area contributed by atoms with Gasteiger partial charge in [0.05, 0.1) is 6.42 Å². The number of carbonyl (C=O) groups is 2. The summed E-state index contributed by atoms with van der Waals surface area (Å²) in [6.07, 6.45) is -0.120. The number of ether oxygens (including phenoxy) is 1. The fraction of sp³-hybridized carbons (Fsp3) is 0.0909. The first-order chi connectivity index (χ1) is 13.0. The standard InChI is InChI=1S/C22H19NO4/c23-22(26)18-8-4-7-17(12-18)19-9-16(11-21(24)25)10-20(13-19)27-14-15-5-2-1-3-6-15/h1-10,12-13H,11,14H2,(H2,23,26)(H,24,25). The molecular weight excluding hydrogens is 342 g/mol. The zero-order chi connectivity index (χ0) is 19.2. The fourth-order valence-corrected chi connectivity index (χ4v) is 2.78. The number of rotatable bonds is 7. The van der Waals surface area contributed by atoms with E-state index in [9.17, 15) is 9.59 Å². The van der Waals surface area contributed by atoms with Crippen LogP contribution in [0.5, 0.6) is 5.75 Å². The number of carboxylic acids is 1. The summed E-state index contributed by atoms with van der Waals surface area (Å²) in [5.74, 6) is -0.872. The van der Waals surface area contributed by atoms with Gasteiger partial charge in [-0.3, -0.25) is 9.59 Å². The van der Waals surface area contributed by atoms with Gasteiger partial charge in [-0.25, -0.2) is 0 Å². The summed E-state index contributed by atoms with van der Waals surface area (Å²) in [4.78, 5) is 22.6. The molecule has 0 aliphatic rings. The molecule has 0 bridgehead atoms. The first-order valence-corrected chi connectivity index (χ1v) is 8.44. The lowest BCUT2D eigenvalue weighted by Gasteiger charge is -2.12. The zero-order valence-corrected chi connectivity index (χ0v) is 14.6. The summed E-state index contributed by atoms with van der Waals surface area (Å²) in [6.45, 7) is 0.373. The molecule has 0 spiro atoms. The summed E-state index contributed by atoms with van der Waals surface area (Å²) in [7, 11) is 0. The molecule has 136 valence electrons. The Bertz CT molecular complexity index is 967. The molecule has 0 unspecified atom stereocenters. The van der Waals surface area contributed by atoms with Crippen LogP contribution in [0.15, 0.2) is 72.8 Å². The SMILES string of the molecule is NC(=O)c1cccc(-c2cc(CC(=O)O)cc(OCc3ccccc3)c2)c1. The highest BCUT2D eigenvalue weighted by Gasteiger charge is 2.09. The van der Waals surface area contributed by atoms with Crippen LogP contribution in [0.1, 0.15) is 21.5 Å². The number of carboxylic acid groups (broad SMARTS) is 1. The predicted octanol–water partition coefficient (Wildman–Crippen LogP) is 3.66. The van der Waals surface area contributed by atoms with Gasteiger partial charge in [0.25, 0.3) is 0 Å². The Labute approximate surface area is 157 Å². The molecule has 0 aromatic heterocycles. The summed E-state index contributed by atoms with van der Waals surface area (Å²) in [6, 6.07) is 21.9. The minimum absolute atomic E-state index is 0.120. The maximum Gasteiger partial charge on any atom is 0.307 e. The van der Waals surface area contributed by atoms with Crippen molar-refractivity contribution < 1.29 is 19.4 Å². The molecule has 5 nitrogen and oxygen atoms in total. The van der Waals surface area contributed by atoms with Crippen LogP contribution in [0.3, 0.4) is 0 Å². The molecule has 0 saturated carbocycles. The van der Waals surface area contributed by atoms with Crippen molar-refractivity contribution in [3.63, 3.8) is 0 Å². The maximum atomic E-state index is 11.4. The molecule has 1 amide bonds. The Kier molecular flexibility index (Phi) is 5.52. The molecule has 3 N–H and O–H groups in total. The van der Waals surface area contributed by atoms with Gasteiger partial charge in [0.1, 0.15) is 12.4 Å². The van der Waals surface area contributed by atoms with E-state index >= 15 is 0 Å². The summed E-state index contributed by atoms with van der Waals surface area (Å²) in [5.41, 5.74) is 8.91. The average molecular weight is 361 g/mol. The fourth-order valence-electron chi connectivity index (χ4n) is 2.78. The Hall–Kier alpha value is -3.60. The van der Waals surface area contributed by atoms with Crippen molar-refractivity contribution in [1.29, 1.82) is 0 Å². The summed E-state index contributed by atoms with van der Waals surface area (Å²) < 4.78 is 5.87. The van der Waals surface area contributed by atoms with Gasteiger partial charge < -0.3 is 15.6 Å². The molecule has 0 atom stereocenters. The Morgan fingerprint density at radius 1 is 0.852 bits per heavy atom. The van der Waals surface area contributed by atoms with Crippen molar-refractivity contribution in [3.05, 3.63) is 89.5 Å². The van der Waals surface area contributed by atoms with E-state index in [2.05, 4.69) is 0 Å². The number of aliphatic carboxylic acids is 1. The second-order valence-electron chi connectivity index (χ2n) is 6.16. The number of carbonyl (C=O) groups excluding carboxylic acids is 1. The summed E-state index contributed by atoms with van der Waals surface area (Å²) in [5, 5.41) is 9.14. The second-order valence-corrected chi connectivity index (χ2v) is 6.16. The van der Waals surface area contributed by atoms with E-state index < -0.39 is 11.9 Å². The van der Waals surface area contributed by atoms with Gasteiger partial charge in [-0.2, -0.15) is 0 Å². The molecule has 0 heterocycles. The highest BCUT2D eigenvalue weighted by molar-refractivity contribution is 5.94. The number of hydrogen-bond acceptors (Lipinski definition) is 3. The Morgan fingerprint density at radius 2 is 1.63 bits per heavy atom. The van der Waals surface area contributed by atoms with Gasteiger partial charge in [0.15, 0.2) is 0 Å². The highest BCUT2D eigenvalue weighted by atomic mass is 16.5. The minimum atomic E-state index is -0.924. The molecule has 0 aliphatic heterocycles. The van der Waals surface area contributed by atoms with Crippen molar-refractivity contribution in [2.75, 3.05) is 0 Å². The topological polar surface area (TPSA) is 89.6 Å². The lowest BCUT2D eigenvalue weighted by molar-refractivity contribution is -0.136. The van der Waals surface area contributed by atoms with Crippen LogP contribution in [0.4, 0.5) is 0 Å². The van der Waals surface area contributed by atoms with Crippen molar-refractivity contribution in [2.24, 2.45) is 5.73 Å². The molecule has 3 aromatic carbocycles. The second kappa shape index (κ2) is 8.19. The number of benzene rings is 3. The molecule has 0 aliphatic carbocycles. The Balaban J connectivity index is 1.94. The number of nitrogens with two attached hydrogens (primary N) is 1. The molecule has 5 heteroatoms. The van der Waals surface area contributed by atoms with Gasteiger partial charge in [-0.05, 0) is 46.5 Å². The van der Waals surface area contributed by atoms with E-state index in [1.165, 1.54) is 0 Å². The van der Waals surface area contributed by atoms with E-state index in [4.69, 9.17) is 15.6 Å². The van der Waals surface area contributed by atoms with Crippen molar-refractivity contribution in [3.8, 4) is 16.9 Å². The third-order valence-corrected chi connectivity index (χ3v) is 4.05. The van der Waals surface area contributed by atoms with E-state index in [0.29, 0.717) is 23.5 Å². The van der Waals surface area contributed by atoms with Crippen molar-refractivity contribution in [2.45, 2.75) is 13.0 Å². The predicted molar refractivity (Wildman–Crippen MR) is 103 cm³/mol. The molecule has 0 fully saturated rings. The van der Waals surface area contributed by atoms with E-state index in [-0.39, 0.29) is 6.42 Å².